The predicted octanol–water partition coefficient (Wildman–Crippen LogP) is 2.80. The summed E-state index contributed by atoms with van der Waals surface area (Å²) >= 11 is 0. The van der Waals surface area contributed by atoms with E-state index in [9.17, 15) is 20.1 Å². The first-order chi connectivity index (χ1) is 11.0. The van der Waals surface area contributed by atoms with Crippen molar-refractivity contribution in [1.82, 2.24) is 0 Å². The molecule has 0 saturated carbocycles. The standard InChI is InChI=1S/C18H32O5/c1-2-3-7-11-16(20)17(21)14-13-15(19)10-8-5-4-6-9-12-18(22)23/h3,7,13-17,19-21H,2,4-6,8-12H2,1H3,(H,22,23)/b7-3-,14-13+/t15-,16+,17+/m1/s1. The van der Waals surface area contributed by atoms with Gasteiger partial charge in [-0.25, -0.2) is 0 Å². The molecule has 0 aliphatic carbocycles. The van der Waals surface area contributed by atoms with E-state index < -0.39 is 24.3 Å². The van der Waals surface area contributed by atoms with E-state index in [0.29, 0.717) is 19.3 Å². The SMILES string of the molecule is CC/C=C\C[C@H](O)[C@@H](O)/C=C/[C@H](O)CCCCCCCC(=O)O. The second kappa shape index (κ2) is 14.4. The number of hydrogen-bond acceptors (Lipinski definition) is 4. The second-order valence-electron chi connectivity index (χ2n) is 5.83. The fraction of sp³-hybridized carbons (Fsp3) is 0.722. The van der Waals surface area contributed by atoms with E-state index in [2.05, 4.69) is 0 Å². The average Bonchev–Trinajstić information content (AvgIpc) is 2.51. The molecule has 0 heterocycles. The number of carboxylic acid groups (broad SMARTS) is 1. The van der Waals surface area contributed by atoms with Crippen molar-refractivity contribution in [2.75, 3.05) is 0 Å². The van der Waals surface area contributed by atoms with Crippen molar-refractivity contribution >= 4 is 5.97 Å². The molecule has 0 fully saturated rings. The second-order valence-corrected chi connectivity index (χ2v) is 5.83. The van der Waals surface area contributed by atoms with Gasteiger partial charge >= 0.3 is 5.97 Å². The molecule has 5 heteroatoms. The summed E-state index contributed by atoms with van der Waals surface area (Å²) in [6, 6.07) is 0. The smallest absolute Gasteiger partial charge is 0.303 e. The van der Waals surface area contributed by atoms with Gasteiger partial charge in [-0.3, -0.25) is 4.79 Å². The quantitative estimate of drug-likeness (QED) is 0.290. The van der Waals surface area contributed by atoms with Gasteiger partial charge in [-0.15, -0.1) is 0 Å². The Hall–Kier alpha value is -1.17. The molecule has 0 saturated heterocycles. The summed E-state index contributed by atoms with van der Waals surface area (Å²) < 4.78 is 0. The molecular formula is C18H32O5. The first-order valence-electron chi connectivity index (χ1n) is 8.56. The minimum Gasteiger partial charge on any atom is -0.481 e. The zero-order valence-electron chi connectivity index (χ0n) is 14.1. The molecule has 5 nitrogen and oxygen atoms in total. The van der Waals surface area contributed by atoms with Crippen LogP contribution in [0.15, 0.2) is 24.3 Å². The van der Waals surface area contributed by atoms with E-state index >= 15 is 0 Å². The summed E-state index contributed by atoms with van der Waals surface area (Å²) in [6.45, 7) is 2.00. The highest BCUT2D eigenvalue weighted by Crippen LogP contribution is 2.10. The molecule has 23 heavy (non-hydrogen) atoms. The molecule has 0 spiro atoms. The van der Waals surface area contributed by atoms with Crippen LogP contribution >= 0.6 is 0 Å². The maximum atomic E-state index is 10.3. The number of aliphatic hydroxyl groups is 3. The molecule has 0 rings (SSSR count). The molecule has 0 aromatic rings. The lowest BCUT2D eigenvalue weighted by Gasteiger charge is -2.13. The van der Waals surface area contributed by atoms with Gasteiger partial charge in [0.25, 0.3) is 0 Å². The lowest BCUT2D eigenvalue weighted by Crippen LogP contribution is -2.23. The molecule has 0 unspecified atom stereocenters. The maximum Gasteiger partial charge on any atom is 0.303 e. The molecule has 0 bridgehead atoms. The Balaban J connectivity index is 3.72. The zero-order valence-corrected chi connectivity index (χ0v) is 14.1. The van der Waals surface area contributed by atoms with E-state index in [1.165, 1.54) is 12.2 Å². The van der Waals surface area contributed by atoms with Gasteiger partial charge in [0, 0.05) is 6.42 Å². The van der Waals surface area contributed by atoms with Crippen LogP contribution in [0.4, 0.5) is 0 Å². The van der Waals surface area contributed by atoms with Crippen molar-refractivity contribution in [3.63, 3.8) is 0 Å². The summed E-state index contributed by atoms with van der Waals surface area (Å²) in [7, 11) is 0. The van der Waals surface area contributed by atoms with Gasteiger partial charge in [0.15, 0.2) is 0 Å². The van der Waals surface area contributed by atoms with Crippen molar-refractivity contribution in [2.24, 2.45) is 0 Å². The Morgan fingerprint density at radius 3 is 2.26 bits per heavy atom. The van der Waals surface area contributed by atoms with E-state index in [0.717, 1.165) is 32.1 Å². The Kier molecular flexibility index (Phi) is 13.7. The monoisotopic (exact) mass is 328 g/mol. The highest BCUT2D eigenvalue weighted by molar-refractivity contribution is 5.66. The van der Waals surface area contributed by atoms with Crippen molar-refractivity contribution in [3.05, 3.63) is 24.3 Å². The largest absolute Gasteiger partial charge is 0.481 e. The first-order valence-corrected chi connectivity index (χ1v) is 8.56. The molecule has 3 atom stereocenters. The number of carboxylic acids is 1. The molecule has 0 aliphatic heterocycles. The van der Waals surface area contributed by atoms with Gasteiger partial charge < -0.3 is 20.4 Å². The van der Waals surface area contributed by atoms with Crippen LogP contribution in [-0.4, -0.2) is 44.7 Å². The minimum atomic E-state index is -0.970. The molecule has 0 aromatic heterocycles. The van der Waals surface area contributed by atoms with E-state index in [-0.39, 0.29) is 6.42 Å². The normalized spacial score (nSPS) is 16.0. The predicted molar refractivity (Wildman–Crippen MR) is 91.2 cm³/mol. The molecular weight excluding hydrogens is 296 g/mol. The Labute approximate surface area is 139 Å². The minimum absolute atomic E-state index is 0.221. The summed E-state index contributed by atoms with van der Waals surface area (Å²) in [5.74, 6) is -0.753. The lowest BCUT2D eigenvalue weighted by atomic mass is 10.0. The van der Waals surface area contributed by atoms with Gasteiger partial charge in [-0.05, 0) is 25.7 Å². The van der Waals surface area contributed by atoms with Gasteiger partial charge in [0.1, 0.15) is 0 Å². The van der Waals surface area contributed by atoms with Gasteiger partial charge in [-0.1, -0.05) is 56.9 Å². The lowest BCUT2D eigenvalue weighted by molar-refractivity contribution is -0.137. The highest BCUT2D eigenvalue weighted by Gasteiger charge is 2.11. The fourth-order valence-corrected chi connectivity index (χ4v) is 2.17. The first kappa shape index (κ1) is 21.8. The highest BCUT2D eigenvalue weighted by atomic mass is 16.4. The summed E-state index contributed by atoms with van der Waals surface area (Å²) in [5.41, 5.74) is 0. The average molecular weight is 328 g/mol. The van der Waals surface area contributed by atoms with Crippen LogP contribution in [0.2, 0.25) is 0 Å². The van der Waals surface area contributed by atoms with E-state index in [4.69, 9.17) is 5.11 Å². The van der Waals surface area contributed by atoms with Crippen LogP contribution in [0.25, 0.3) is 0 Å². The molecule has 0 amide bonds. The van der Waals surface area contributed by atoms with Crippen LogP contribution in [0.1, 0.15) is 64.7 Å². The number of unbranched alkanes of at least 4 members (excludes halogenated alkanes) is 4. The number of allylic oxidation sites excluding steroid dienone is 1. The molecule has 0 radical (unpaired) electrons. The summed E-state index contributed by atoms with van der Waals surface area (Å²) in [6.07, 6.45) is 10.8. The maximum absolute atomic E-state index is 10.3. The van der Waals surface area contributed by atoms with Crippen molar-refractivity contribution in [1.29, 1.82) is 0 Å². The van der Waals surface area contributed by atoms with Crippen LogP contribution in [0.5, 0.6) is 0 Å². The molecule has 4 N–H and O–H groups in total. The van der Waals surface area contributed by atoms with Crippen LogP contribution < -0.4 is 0 Å². The van der Waals surface area contributed by atoms with Gasteiger partial charge in [0.05, 0.1) is 18.3 Å². The van der Waals surface area contributed by atoms with Crippen molar-refractivity contribution < 1.29 is 25.2 Å². The zero-order chi connectivity index (χ0) is 17.5. The third-order valence-corrected chi connectivity index (χ3v) is 3.60. The summed E-state index contributed by atoms with van der Waals surface area (Å²) in [4.78, 5) is 10.3. The Bertz CT molecular complexity index is 351. The third-order valence-electron chi connectivity index (χ3n) is 3.60. The van der Waals surface area contributed by atoms with Crippen molar-refractivity contribution in [3.8, 4) is 0 Å². The van der Waals surface area contributed by atoms with Gasteiger partial charge in [-0.2, -0.15) is 0 Å². The molecule has 0 aromatic carbocycles. The number of aliphatic hydroxyl groups excluding tert-OH is 3. The number of carbonyl (C=O) groups is 1. The van der Waals surface area contributed by atoms with Crippen LogP contribution in [-0.2, 0) is 4.79 Å². The number of aliphatic carboxylic acids is 1. The number of hydrogen-bond donors (Lipinski definition) is 4. The Morgan fingerprint density at radius 2 is 1.61 bits per heavy atom. The molecule has 0 aliphatic rings. The number of rotatable bonds is 14. The fourth-order valence-electron chi connectivity index (χ4n) is 2.17. The van der Waals surface area contributed by atoms with Crippen LogP contribution in [0, 0.1) is 0 Å². The molecule has 134 valence electrons. The summed E-state index contributed by atoms with van der Waals surface area (Å²) in [5, 5.41) is 37.8. The van der Waals surface area contributed by atoms with E-state index in [1.54, 1.807) is 0 Å². The third kappa shape index (κ3) is 14.2. The van der Waals surface area contributed by atoms with Gasteiger partial charge in [0.2, 0.25) is 0 Å². The van der Waals surface area contributed by atoms with Crippen LogP contribution in [0.3, 0.4) is 0 Å². The van der Waals surface area contributed by atoms with Crippen molar-refractivity contribution in [2.45, 2.75) is 83.0 Å². The topological polar surface area (TPSA) is 98.0 Å². The Morgan fingerprint density at radius 1 is 0.957 bits per heavy atom. The van der Waals surface area contributed by atoms with E-state index in [1.807, 2.05) is 19.1 Å².